The molecule has 1 fully saturated rings. The molecule has 0 aliphatic carbocycles. The summed E-state index contributed by atoms with van der Waals surface area (Å²) in [7, 11) is 0. The zero-order valence-corrected chi connectivity index (χ0v) is 14.8. The van der Waals surface area contributed by atoms with Gasteiger partial charge in [-0.15, -0.1) is 0 Å². The third-order valence-electron chi connectivity index (χ3n) is 5.08. The number of benzene rings is 1. The highest BCUT2D eigenvalue weighted by Gasteiger charge is 2.26. The first-order valence-electron chi connectivity index (χ1n) is 9.25. The SMILES string of the molecule is O=C(O)CCC1CCCCN1C(=O)CCCc1ccc2[nH]c(=O)[nH]c2c1. The fraction of sp³-hybridized carbons (Fsp3) is 0.526. The van der Waals surface area contributed by atoms with Crippen LogP contribution in [-0.4, -0.2) is 44.4 Å². The molecule has 0 bridgehead atoms. The molecule has 1 saturated heterocycles. The quantitative estimate of drug-likeness (QED) is 0.706. The van der Waals surface area contributed by atoms with Crippen molar-refractivity contribution in [1.29, 1.82) is 0 Å². The smallest absolute Gasteiger partial charge is 0.323 e. The van der Waals surface area contributed by atoms with Crippen LogP contribution in [-0.2, 0) is 16.0 Å². The largest absolute Gasteiger partial charge is 0.481 e. The van der Waals surface area contributed by atoms with Crippen molar-refractivity contribution in [3.8, 4) is 0 Å². The standard InChI is InChI=1S/C19H25N3O4/c23-17(22-11-2-1-5-14(22)8-10-18(24)25)6-3-4-13-7-9-15-16(12-13)21-19(26)20-15/h7,9,12,14H,1-6,8,10-11H2,(H,24,25)(H2,20,21,26). The molecule has 1 amide bonds. The molecule has 1 aliphatic heterocycles. The van der Waals surface area contributed by atoms with Crippen LogP contribution in [0.2, 0.25) is 0 Å². The summed E-state index contributed by atoms with van der Waals surface area (Å²) in [5.74, 6) is -0.683. The van der Waals surface area contributed by atoms with E-state index in [1.54, 1.807) is 0 Å². The van der Waals surface area contributed by atoms with Crippen molar-refractivity contribution in [2.75, 3.05) is 6.54 Å². The average Bonchev–Trinajstić information content (AvgIpc) is 2.99. The van der Waals surface area contributed by atoms with E-state index in [0.29, 0.717) is 12.8 Å². The second-order valence-electron chi connectivity index (χ2n) is 6.98. The van der Waals surface area contributed by atoms with Gasteiger partial charge in [-0.1, -0.05) is 6.07 Å². The third kappa shape index (κ3) is 4.53. The van der Waals surface area contributed by atoms with Crippen molar-refractivity contribution < 1.29 is 14.7 Å². The van der Waals surface area contributed by atoms with Crippen LogP contribution in [0, 0.1) is 0 Å². The van der Waals surface area contributed by atoms with Crippen molar-refractivity contribution in [2.45, 2.75) is 57.4 Å². The van der Waals surface area contributed by atoms with Gasteiger partial charge in [-0.25, -0.2) is 4.79 Å². The number of carbonyl (C=O) groups excluding carboxylic acids is 1. The Morgan fingerprint density at radius 2 is 1.96 bits per heavy atom. The van der Waals surface area contributed by atoms with E-state index < -0.39 is 5.97 Å². The van der Waals surface area contributed by atoms with Crippen molar-refractivity contribution in [3.63, 3.8) is 0 Å². The first kappa shape index (κ1) is 18.2. The molecule has 7 heteroatoms. The summed E-state index contributed by atoms with van der Waals surface area (Å²) in [5.41, 5.74) is 2.43. The van der Waals surface area contributed by atoms with Crippen LogP contribution in [0.1, 0.15) is 50.5 Å². The highest BCUT2D eigenvalue weighted by molar-refractivity contribution is 5.77. The number of imidazole rings is 1. The number of nitrogens with zero attached hydrogens (tertiary/aromatic N) is 1. The Kier molecular flexibility index (Phi) is 5.75. The van der Waals surface area contributed by atoms with Gasteiger partial charge < -0.3 is 20.0 Å². The second kappa shape index (κ2) is 8.21. The van der Waals surface area contributed by atoms with Crippen molar-refractivity contribution in [2.24, 2.45) is 0 Å². The molecule has 3 rings (SSSR count). The molecule has 3 N–H and O–H groups in total. The maximum atomic E-state index is 12.6. The number of carbonyl (C=O) groups is 2. The van der Waals surface area contributed by atoms with E-state index in [-0.39, 0.29) is 24.1 Å². The summed E-state index contributed by atoms with van der Waals surface area (Å²) in [6.07, 6.45) is 5.57. The molecule has 0 radical (unpaired) electrons. The molecule has 1 aromatic heterocycles. The number of rotatable bonds is 7. The lowest BCUT2D eigenvalue weighted by molar-refractivity contribution is -0.140. The molecule has 1 aromatic carbocycles. The number of nitrogens with one attached hydrogen (secondary N) is 2. The molecule has 0 spiro atoms. The highest BCUT2D eigenvalue weighted by atomic mass is 16.4. The lowest BCUT2D eigenvalue weighted by Gasteiger charge is -2.35. The molecular weight excluding hydrogens is 334 g/mol. The van der Waals surface area contributed by atoms with Crippen LogP contribution in [0.3, 0.4) is 0 Å². The first-order valence-corrected chi connectivity index (χ1v) is 9.25. The minimum absolute atomic E-state index is 0.0635. The number of hydrogen-bond donors (Lipinski definition) is 3. The van der Waals surface area contributed by atoms with Gasteiger partial charge in [0.25, 0.3) is 0 Å². The minimum Gasteiger partial charge on any atom is -0.481 e. The van der Waals surface area contributed by atoms with Crippen LogP contribution in [0.25, 0.3) is 11.0 Å². The normalized spacial score (nSPS) is 17.5. The Morgan fingerprint density at radius 3 is 2.77 bits per heavy atom. The molecule has 1 unspecified atom stereocenters. The number of fused-ring (bicyclic) bond motifs is 1. The number of aromatic nitrogens is 2. The Morgan fingerprint density at radius 1 is 1.15 bits per heavy atom. The summed E-state index contributed by atoms with van der Waals surface area (Å²) in [6.45, 7) is 0.736. The zero-order valence-electron chi connectivity index (χ0n) is 14.8. The topological polar surface area (TPSA) is 106 Å². The molecule has 2 heterocycles. The monoisotopic (exact) mass is 359 g/mol. The number of aromatic amines is 2. The zero-order chi connectivity index (χ0) is 18.5. The first-order chi connectivity index (χ1) is 12.5. The summed E-state index contributed by atoms with van der Waals surface area (Å²) in [5, 5.41) is 8.89. The van der Waals surface area contributed by atoms with Gasteiger partial charge in [-0.05, 0) is 56.2 Å². The van der Waals surface area contributed by atoms with Gasteiger partial charge in [-0.3, -0.25) is 9.59 Å². The fourth-order valence-corrected chi connectivity index (χ4v) is 3.74. The van der Waals surface area contributed by atoms with Crippen molar-refractivity contribution in [3.05, 3.63) is 34.2 Å². The Balaban J connectivity index is 1.52. The second-order valence-corrected chi connectivity index (χ2v) is 6.98. The number of hydrogen-bond acceptors (Lipinski definition) is 3. The van der Waals surface area contributed by atoms with E-state index >= 15 is 0 Å². The van der Waals surface area contributed by atoms with Gasteiger partial charge in [-0.2, -0.15) is 0 Å². The Hall–Kier alpha value is -2.57. The number of aryl methyl sites for hydroxylation is 1. The maximum absolute atomic E-state index is 12.6. The number of piperidine rings is 1. The maximum Gasteiger partial charge on any atom is 0.323 e. The summed E-state index contributed by atoms with van der Waals surface area (Å²) < 4.78 is 0. The molecule has 2 aromatic rings. The van der Waals surface area contributed by atoms with Crippen molar-refractivity contribution >= 4 is 22.9 Å². The van der Waals surface area contributed by atoms with Crippen LogP contribution in [0.5, 0.6) is 0 Å². The lowest BCUT2D eigenvalue weighted by atomic mass is 9.97. The van der Waals surface area contributed by atoms with Gasteiger partial charge in [0.1, 0.15) is 0 Å². The van der Waals surface area contributed by atoms with E-state index in [0.717, 1.165) is 55.2 Å². The Bertz CT molecular complexity index is 839. The molecule has 1 atom stereocenters. The third-order valence-corrected chi connectivity index (χ3v) is 5.08. The average molecular weight is 359 g/mol. The predicted molar refractivity (Wildman–Crippen MR) is 98.1 cm³/mol. The van der Waals surface area contributed by atoms with Gasteiger partial charge >= 0.3 is 11.7 Å². The van der Waals surface area contributed by atoms with E-state index in [4.69, 9.17) is 5.11 Å². The summed E-state index contributed by atoms with van der Waals surface area (Å²) in [6, 6.07) is 5.84. The highest BCUT2D eigenvalue weighted by Crippen LogP contribution is 2.22. The lowest BCUT2D eigenvalue weighted by Crippen LogP contribution is -2.43. The van der Waals surface area contributed by atoms with Crippen LogP contribution >= 0.6 is 0 Å². The Labute approximate surface area is 151 Å². The number of amides is 1. The minimum atomic E-state index is -0.804. The summed E-state index contributed by atoms with van der Waals surface area (Å²) in [4.78, 5) is 42.1. The number of likely N-dealkylation sites (tertiary alicyclic amines) is 1. The van der Waals surface area contributed by atoms with E-state index in [2.05, 4.69) is 9.97 Å². The number of H-pyrrole nitrogens is 2. The van der Waals surface area contributed by atoms with Gasteiger partial charge in [0.2, 0.25) is 5.91 Å². The van der Waals surface area contributed by atoms with Gasteiger partial charge in [0, 0.05) is 25.4 Å². The number of carboxylic acids is 1. The molecule has 140 valence electrons. The van der Waals surface area contributed by atoms with Crippen LogP contribution < -0.4 is 5.69 Å². The molecule has 1 aliphatic rings. The van der Waals surface area contributed by atoms with Crippen LogP contribution in [0.15, 0.2) is 23.0 Å². The fourth-order valence-electron chi connectivity index (χ4n) is 3.74. The van der Waals surface area contributed by atoms with E-state index in [1.165, 1.54) is 0 Å². The van der Waals surface area contributed by atoms with E-state index in [9.17, 15) is 14.4 Å². The number of aliphatic carboxylic acids is 1. The van der Waals surface area contributed by atoms with Gasteiger partial charge in [0.15, 0.2) is 0 Å². The van der Waals surface area contributed by atoms with Gasteiger partial charge in [0.05, 0.1) is 11.0 Å². The summed E-state index contributed by atoms with van der Waals surface area (Å²) >= 11 is 0. The molecule has 7 nitrogen and oxygen atoms in total. The predicted octanol–water partition coefficient (Wildman–Crippen LogP) is 2.42. The molecule has 0 saturated carbocycles. The van der Waals surface area contributed by atoms with Crippen LogP contribution in [0.4, 0.5) is 0 Å². The number of carboxylic acid groups (broad SMARTS) is 1. The molecular formula is C19H25N3O4. The molecule has 26 heavy (non-hydrogen) atoms. The van der Waals surface area contributed by atoms with E-state index in [1.807, 2.05) is 23.1 Å². The van der Waals surface area contributed by atoms with Crippen molar-refractivity contribution in [1.82, 2.24) is 14.9 Å².